The van der Waals surface area contributed by atoms with E-state index in [-0.39, 0.29) is 6.10 Å². The van der Waals surface area contributed by atoms with Crippen LogP contribution in [0.25, 0.3) is 0 Å². The van der Waals surface area contributed by atoms with Crippen molar-refractivity contribution in [1.82, 2.24) is 5.32 Å². The molecule has 1 aromatic carbocycles. The van der Waals surface area contributed by atoms with Gasteiger partial charge < -0.3 is 20.5 Å². The number of carbonyl (C=O) groups excluding carboxylic acids is 1. The first kappa shape index (κ1) is 15.8. The number of carboxylic acids is 1. The normalized spacial score (nSPS) is 11.8. The number of hydrogen-bond donors (Lipinski definition) is 3. The molecule has 0 saturated heterocycles. The third-order valence-electron chi connectivity index (χ3n) is 2.50. The fourth-order valence-electron chi connectivity index (χ4n) is 1.55. The lowest BCUT2D eigenvalue weighted by Gasteiger charge is -2.14. The quantitative estimate of drug-likeness (QED) is 0.747. The van der Waals surface area contributed by atoms with Crippen LogP contribution in [-0.4, -0.2) is 29.3 Å². The highest BCUT2D eigenvalue weighted by molar-refractivity contribution is 5.92. The predicted molar refractivity (Wildman–Crippen MR) is 76.1 cm³/mol. The summed E-state index contributed by atoms with van der Waals surface area (Å²) >= 11 is 0. The van der Waals surface area contributed by atoms with Gasteiger partial charge in [0, 0.05) is 5.69 Å². The maximum Gasteiger partial charge on any atom is 0.326 e. The Morgan fingerprint density at radius 2 is 1.85 bits per heavy atom. The molecule has 0 aliphatic carbocycles. The second-order valence-corrected chi connectivity index (χ2v) is 4.59. The number of urea groups is 1. The topological polar surface area (TPSA) is 87.7 Å². The molecular weight excluding hydrogens is 260 g/mol. The third-order valence-corrected chi connectivity index (χ3v) is 2.50. The van der Waals surface area contributed by atoms with E-state index in [2.05, 4.69) is 10.6 Å². The zero-order valence-electron chi connectivity index (χ0n) is 11.8. The summed E-state index contributed by atoms with van der Waals surface area (Å²) in [5, 5.41) is 13.8. The molecule has 6 nitrogen and oxygen atoms in total. The van der Waals surface area contributed by atoms with Gasteiger partial charge in [0.15, 0.2) is 0 Å². The van der Waals surface area contributed by atoms with E-state index in [9.17, 15) is 9.59 Å². The Hall–Kier alpha value is -2.24. The Morgan fingerprint density at radius 1 is 1.25 bits per heavy atom. The average Bonchev–Trinajstić information content (AvgIpc) is 2.37. The lowest BCUT2D eigenvalue weighted by molar-refractivity contribution is -0.139. The lowest BCUT2D eigenvalue weighted by atomic mass is 10.2. The Morgan fingerprint density at radius 3 is 2.30 bits per heavy atom. The van der Waals surface area contributed by atoms with Gasteiger partial charge in [0.05, 0.1) is 6.10 Å². The van der Waals surface area contributed by atoms with Crippen LogP contribution >= 0.6 is 0 Å². The Labute approximate surface area is 118 Å². The second kappa shape index (κ2) is 7.37. The van der Waals surface area contributed by atoms with Crippen LogP contribution in [0.4, 0.5) is 10.5 Å². The molecule has 0 bridgehead atoms. The fourth-order valence-corrected chi connectivity index (χ4v) is 1.55. The van der Waals surface area contributed by atoms with Crippen LogP contribution in [0.1, 0.15) is 27.2 Å². The largest absolute Gasteiger partial charge is 0.491 e. The van der Waals surface area contributed by atoms with Gasteiger partial charge in [-0.1, -0.05) is 6.92 Å². The monoisotopic (exact) mass is 280 g/mol. The molecule has 3 N–H and O–H groups in total. The fraction of sp³-hybridized carbons (Fsp3) is 0.429. The SMILES string of the molecule is CCC(NC(=O)Nc1ccc(OC(C)C)cc1)C(=O)O. The van der Waals surface area contributed by atoms with Crippen molar-refractivity contribution in [3.8, 4) is 5.75 Å². The molecule has 0 spiro atoms. The van der Waals surface area contributed by atoms with E-state index >= 15 is 0 Å². The first-order valence-corrected chi connectivity index (χ1v) is 6.49. The van der Waals surface area contributed by atoms with Crippen molar-refractivity contribution < 1.29 is 19.4 Å². The van der Waals surface area contributed by atoms with Crippen molar-refractivity contribution in [2.45, 2.75) is 39.3 Å². The van der Waals surface area contributed by atoms with Gasteiger partial charge in [-0.2, -0.15) is 0 Å². The first-order valence-electron chi connectivity index (χ1n) is 6.49. The Bertz CT molecular complexity index is 457. The van der Waals surface area contributed by atoms with Crippen LogP contribution in [0.15, 0.2) is 24.3 Å². The van der Waals surface area contributed by atoms with Crippen LogP contribution in [0.5, 0.6) is 5.75 Å². The lowest BCUT2D eigenvalue weighted by Crippen LogP contribution is -2.42. The summed E-state index contributed by atoms with van der Waals surface area (Å²) in [6.07, 6.45) is 0.405. The number of rotatable bonds is 6. The number of nitrogens with one attached hydrogen (secondary N) is 2. The number of aliphatic carboxylic acids is 1. The highest BCUT2D eigenvalue weighted by Gasteiger charge is 2.17. The number of carbonyl (C=O) groups is 2. The van der Waals surface area contributed by atoms with E-state index in [1.807, 2.05) is 13.8 Å². The molecule has 110 valence electrons. The maximum absolute atomic E-state index is 11.6. The third kappa shape index (κ3) is 5.17. The van der Waals surface area contributed by atoms with Crippen LogP contribution in [-0.2, 0) is 4.79 Å². The van der Waals surface area contributed by atoms with Crippen LogP contribution in [0.3, 0.4) is 0 Å². The molecule has 1 aromatic rings. The van der Waals surface area contributed by atoms with Crippen molar-refractivity contribution in [1.29, 1.82) is 0 Å². The molecule has 0 radical (unpaired) electrons. The Balaban J connectivity index is 2.55. The van der Waals surface area contributed by atoms with Crippen molar-refractivity contribution >= 4 is 17.7 Å². The van der Waals surface area contributed by atoms with E-state index in [0.717, 1.165) is 0 Å². The number of carboxylic acid groups (broad SMARTS) is 1. The van der Waals surface area contributed by atoms with Crippen molar-refractivity contribution in [3.05, 3.63) is 24.3 Å². The summed E-state index contributed by atoms with van der Waals surface area (Å²) in [4.78, 5) is 22.4. The van der Waals surface area contributed by atoms with Gasteiger partial charge in [0.1, 0.15) is 11.8 Å². The van der Waals surface area contributed by atoms with Gasteiger partial charge in [0.25, 0.3) is 0 Å². The van der Waals surface area contributed by atoms with E-state index in [1.165, 1.54) is 0 Å². The van der Waals surface area contributed by atoms with Crippen molar-refractivity contribution in [2.24, 2.45) is 0 Å². The van der Waals surface area contributed by atoms with Gasteiger partial charge in [-0.3, -0.25) is 0 Å². The molecule has 6 heteroatoms. The minimum Gasteiger partial charge on any atom is -0.491 e. The van der Waals surface area contributed by atoms with Crippen molar-refractivity contribution in [3.63, 3.8) is 0 Å². The maximum atomic E-state index is 11.6. The number of benzene rings is 1. The smallest absolute Gasteiger partial charge is 0.326 e. The van der Waals surface area contributed by atoms with E-state index in [1.54, 1.807) is 31.2 Å². The molecule has 0 aliphatic rings. The van der Waals surface area contributed by atoms with E-state index in [0.29, 0.717) is 17.9 Å². The highest BCUT2D eigenvalue weighted by atomic mass is 16.5. The summed E-state index contributed by atoms with van der Waals surface area (Å²) in [6, 6.07) is 5.43. The molecule has 0 aliphatic heterocycles. The van der Waals surface area contributed by atoms with E-state index < -0.39 is 18.0 Å². The molecule has 0 aromatic heterocycles. The van der Waals surface area contributed by atoms with E-state index in [4.69, 9.17) is 9.84 Å². The second-order valence-electron chi connectivity index (χ2n) is 4.59. The van der Waals surface area contributed by atoms with Crippen LogP contribution in [0.2, 0.25) is 0 Å². The first-order chi connectivity index (χ1) is 9.42. The van der Waals surface area contributed by atoms with Crippen LogP contribution < -0.4 is 15.4 Å². The molecule has 1 atom stereocenters. The highest BCUT2D eigenvalue weighted by Crippen LogP contribution is 2.16. The molecule has 1 rings (SSSR count). The van der Waals surface area contributed by atoms with Gasteiger partial charge >= 0.3 is 12.0 Å². The standard InChI is InChI=1S/C14H20N2O4/c1-4-12(13(17)18)16-14(19)15-10-5-7-11(8-6-10)20-9(2)3/h5-9,12H,4H2,1-3H3,(H,17,18)(H2,15,16,19). The molecule has 20 heavy (non-hydrogen) atoms. The molecule has 1 unspecified atom stereocenters. The van der Waals surface area contributed by atoms with Gasteiger partial charge in [-0.25, -0.2) is 9.59 Å². The van der Waals surface area contributed by atoms with Gasteiger partial charge in [-0.05, 0) is 44.5 Å². The summed E-state index contributed by atoms with van der Waals surface area (Å²) < 4.78 is 5.48. The van der Waals surface area contributed by atoms with Gasteiger partial charge in [-0.15, -0.1) is 0 Å². The molecule has 0 fully saturated rings. The number of anilines is 1. The summed E-state index contributed by atoms with van der Waals surface area (Å²) in [5.41, 5.74) is 0.568. The predicted octanol–water partition coefficient (Wildman–Crippen LogP) is 2.46. The number of amides is 2. The molecular formula is C14H20N2O4. The average molecular weight is 280 g/mol. The zero-order chi connectivity index (χ0) is 15.1. The Kier molecular flexibility index (Phi) is 5.83. The van der Waals surface area contributed by atoms with Crippen LogP contribution in [0, 0.1) is 0 Å². The molecule has 2 amide bonds. The summed E-state index contributed by atoms with van der Waals surface area (Å²) in [6.45, 7) is 5.55. The minimum atomic E-state index is -1.05. The molecule has 0 saturated carbocycles. The number of hydrogen-bond acceptors (Lipinski definition) is 3. The minimum absolute atomic E-state index is 0.0815. The molecule has 0 heterocycles. The zero-order valence-corrected chi connectivity index (χ0v) is 11.8. The van der Waals surface area contributed by atoms with Crippen molar-refractivity contribution in [2.75, 3.05) is 5.32 Å². The summed E-state index contributed by atoms with van der Waals surface area (Å²) in [7, 11) is 0. The number of ether oxygens (including phenoxy) is 1. The van der Waals surface area contributed by atoms with Gasteiger partial charge in [0.2, 0.25) is 0 Å². The summed E-state index contributed by atoms with van der Waals surface area (Å²) in [5.74, 6) is -0.341.